The summed E-state index contributed by atoms with van der Waals surface area (Å²) in [7, 11) is 0. The van der Waals surface area contributed by atoms with Crippen LogP contribution in [0.4, 0.5) is 0 Å². The van der Waals surface area contributed by atoms with Gasteiger partial charge in [0.25, 0.3) is 0 Å². The molecule has 1 nitrogen and oxygen atoms in total. The van der Waals surface area contributed by atoms with Gasteiger partial charge in [0.05, 0.1) is 5.38 Å². The standard InChI is InChI=1S/C4H4Cl4O/c5-3(2-9)1-4(6,7)8/h2-3H,1H2. The monoisotopic (exact) mass is 208 g/mol. The first-order valence-electron chi connectivity index (χ1n) is 2.12. The molecule has 5 heteroatoms. The van der Waals surface area contributed by atoms with Gasteiger partial charge in [-0.05, 0) is 0 Å². The minimum atomic E-state index is -1.42. The highest BCUT2D eigenvalue weighted by molar-refractivity contribution is 6.67. The number of hydrogen-bond donors (Lipinski definition) is 0. The molecule has 1 unspecified atom stereocenters. The molecule has 0 heterocycles. The number of halogens is 4. The highest BCUT2D eigenvalue weighted by Gasteiger charge is 2.23. The zero-order valence-electron chi connectivity index (χ0n) is 4.28. The van der Waals surface area contributed by atoms with Crippen LogP contribution in [0.25, 0.3) is 0 Å². The average Bonchev–Trinajstić information content (AvgIpc) is 1.62. The molecule has 9 heavy (non-hydrogen) atoms. The predicted molar refractivity (Wildman–Crippen MR) is 40.6 cm³/mol. The van der Waals surface area contributed by atoms with Crippen LogP contribution < -0.4 is 0 Å². The largest absolute Gasteiger partial charge is 0.302 e. The second-order valence-corrected chi connectivity index (χ2v) is 4.55. The molecular weight excluding hydrogens is 206 g/mol. The van der Waals surface area contributed by atoms with Crippen LogP contribution in [-0.2, 0) is 4.79 Å². The summed E-state index contributed by atoms with van der Waals surface area (Å²) in [5.74, 6) is 0. The minimum Gasteiger partial charge on any atom is -0.302 e. The second-order valence-electron chi connectivity index (χ2n) is 1.47. The van der Waals surface area contributed by atoms with Crippen molar-refractivity contribution in [3.05, 3.63) is 0 Å². The molecule has 0 aromatic rings. The van der Waals surface area contributed by atoms with Gasteiger partial charge in [-0.25, -0.2) is 0 Å². The zero-order chi connectivity index (χ0) is 7.49. The molecule has 0 bridgehead atoms. The van der Waals surface area contributed by atoms with Crippen molar-refractivity contribution in [2.24, 2.45) is 0 Å². The Morgan fingerprint density at radius 2 is 1.89 bits per heavy atom. The Labute approximate surface area is 73.2 Å². The first-order valence-corrected chi connectivity index (χ1v) is 3.69. The number of carbonyl (C=O) groups excluding carboxylic acids is 1. The van der Waals surface area contributed by atoms with Crippen LogP contribution in [0.5, 0.6) is 0 Å². The number of carbonyl (C=O) groups is 1. The third-order valence-electron chi connectivity index (χ3n) is 0.574. The van der Waals surface area contributed by atoms with Gasteiger partial charge in [-0.3, -0.25) is 0 Å². The van der Waals surface area contributed by atoms with Crippen molar-refractivity contribution in [1.82, 2.24) is 0 Å². The van der Waals surface area contributed by atoms with Gasteiger partial charge in [-0.2, -0.15) is 0 Å². The van der Waals surface area contributed by atoms with E-state index in [1.54, 1.807) is 0 Å². The lowest BCUT2D eigenvalue weighted by molar-refractivity contribution is -0.107. The maximum Gasteiger partial charge on any atom is 0.192 e. The first kappa shape index (κ1) is 9.83. The average molecular weight is 210 g/mol. The number of hydrogen-bond acceptors (Lipinski definition) is 1. The van der Waals surface area contributed by atoms with Gasteiger partial charge in [0.2, 0.25) is 0 Å². The topological polar surface area (TPSA) is 17.1 Å². The molecule has 0 rings (SSSR count). The molecule has 54 valence electrons. The Hall–Kier alpha value is 0.830. The smallest absolute Gasteiger partial charge is 0.192 e. The molecule has 0 aromatic heterocycles. The van der Waals surface area contributed by atoms with Crippen molar-refractivity contribution in [3.8, 4) is 0 Å². The third-order valence-corrected chi connectivity index (χ3v) is 1.29. The molecule has 0 fully saturated rings. The molecule has 1 atom stereocenters. The van der Waals surface area contributed by atoms with Crippen LogP contribution in [0, 0.1) is 0 Å². The van der Waals surface area contributed by atoms with Crippen LogP contribution in [-0.4, -0.2) is 15.5 Å². The van der Waals surface area contributed by atoms with E-state index in [2.05, 4.69) is 0 Å². The predicted octanol–water partition coefficient (Wildman–Crippen LogP) is 2.55. The van der Waals surface area contributed by atoms with Crippen molar-refractivity contribution in [1.29, 1.82) is 0 Å². The van der Waals surface area contributed by atoms with Gasteiger partial charge in [0.15, 0.2) is 3.79 Å². The molecule has 0 amide bonds. The van der Waals surface area contributed by atoms with E-state index in [1.165, 1.54) is 0 Å². The molecule has 0 N–H and O–H groups in total. The van der Waals surface area contributed by atoms with Gasteiger partial charge in [0.1, 0.15) is 6.29 Å². The summed E-state index contributed by atoms with van der Waals surface area (Å²) in [5, 5.41) is -0.711. The molecule has 0 saturated carbocycles. The fraction of sp³-hybridized carbons (Fsp3) is 0.750. The van der Waals surface area contributed by atoms with Crippen molar-refractivity contribution in [2.75, 3.05) is 0 Å². The van der Waals surface area contributed by atoms with E-state index in [0.717, 1.165) is 0 Å². The third kappa shape index (κ3) is 6.72. The summed E-state index contributed by atoms with van der Waals surface area (Å²) >= 11 is 21.2. The second kappa shape index (κ2) is 3.87. The Morgan fingerprint density at radius 1 is 1.44 bits per heavy atom. The lowest BCUT2D eigenvalue weighted by atomic mass is 10.3. The maximum absolute atomic E-state index is 9.87. The Balaban J connectivity index is 3.59. The quantitative estimate of drug-likeness (QED) is 0.505. The van der Waals surface area contributed by atoms with Crippen molar-refractivity contribution in [3.63, 3.8) is 0 Å². The van der Waals surface area contributed by atoms with E-state index < -0.39 is 9.17 Å². The molecule has 0 aliphatic rings. The van der Waals surface area contributed by atoms with Gasteiger partial charge in [-0.15, -0.1) is 11.6 Å². The fourth-order valence-corrected chi connectivity index (χ4v) is 1.24. The van der Waals surface area contributed by atoms with Crippen LogP contribution in [0.1, 0.15) is 6.42 Å². The van der Waals surface area contributed by atoms with Crippen molar-refractivity contribution >= 4 is 52.7 Å². The lowest BCUT2D eigenvalue weighted by Crippen LogP contribution is -2.12. The van der Waals surface area contributed by atoms with E-state index in [0.29, 0.717) is 6.29 Å². The molecule has 0 spiro atoms. The Bertz CT molecular complexity index is 97.2. The van der Waals surface area contributed by atoms with Gasteiger partial charge in [0, 0.05) is 6.42 Å². The van der Waals surface area contributed by atoms with Crippen molar-refractivity contribution in [2.45, 2.75) is 15.6 Å². The molecule has 0 aromatic carbocycles. The maximum atomic E-state index is 9.87. The van der Waals surface area contributed by atoms with Gasteiger partial charge < -0.3 is 4.79 Å². The van der Waals surface area contributed by atoms with Crippen LogP contribution in [0.15, 0.2) is 0 Å². The van der Waals surface area contributed by atoms with E-state index in [1.807, 2.05) is 0 Å². The number of rotatable bonds is 2. The Morgan fingerprint density at radius 3 is 2.00 bits per heavy atom. The van der Waals surface area contributed by atoms with E-state index in [-0.39, 0.29) is 6.42 Å². The summed E-state index contributed by atoms with van der Waals surface area (Å²) in [6, 6.07) is 0. The summed E-state index contributed by atoms with van der Waals surface area (Å²) in [6.07, 6.45) is 0.576. The van der Waals surface area contributed by atoms with E-state index in [4.69, 9.17) is 46.4 Å². The summed E-state index contributed by atoms with van der Waals surface area (Å²) in [6.45, 7) is 0. The van der Waals surface area contributed by atoms with Gasteiger partial charge in [-0.1, -0.05) is 34.8 Å². The zero-order valence-corrected chi connectivity index (χ0v) is 7.31. The highest BCUT2D eigenvalue weighted by Crippen LogP contribution is 2.32. The van der Waals surface area contributed by atoms with E-state index >= 15 is 0 Å². The minimum absolute atomic E-state index is 0.0444. The van der Waals surface area contributed by atoms with Crippen LogP contribution in [0.3, 0.4) is 0 Å². The normalized spacial score (nSPS) is 15.1. The fourth-order valence-electron chi connectivity index (χ4n) is 0.269. The van der Waals surface area contributed by atoms with Crippen LogP contribution >= 0.6 is 46.4 Å². The van der Waals surface area contributed by atoms with Crippen molar-refractivity contribution < 1.29 is 4.79 Å². The molecular formula is C4H4Cl4O. The van der Waals surface area contributed by atoms with E-state index in [9.17, 15) is 4.79 Å². The summed E-state index contributed by atoms with van der Waals surface area (Å²) in [4.78, 5) is 9.87. The Kier molecular flexibility index (Phi) is 4.22. The summed E-state index contributed by atoms with van der Waals surface area (Å²) in [5.41, 5.74) is 0. The highest BCUT2D eigenvalue weighted by atomic mass is 35.6. The lowest BCUT2D eigenvalue weighted by Gasteiger charge is -2.09. The molecule has 0 aliphatic heterocycles. The SMILES string of the molecule is O=CC(Cl)CC(Cl)(Cl)Cl. The number of aldehydes is 1. The first-order chi connectivity index (χ1) is 3.95. The van der Waals surface area contributed by atoms with Crippen LogP contribution in [0.2, 0.25) is 0 Å². The number of alkyl halides is 4. The van der Waals surface area contributed by atoms with Gasteiger partial charge >= 0.3 is 0 Å². The molecule has 0 radical (unpaired) electrons. The molecule has 0 aliphatic carbocycles. The summed E-state index contributed by atoms with van der Waals surface area (Å²) < 4.78 is -1.42. The molecule has 0 saturated heterocycles.